The molecule has 0 spiro atoms. The Bertz CT molecular complexity index is 360. The molecule has 6 heteroatoms. The molecule has 82 valence electrons. The first-order chi connectivity index (χ1) is 7.15. The molecular formula is C9H13ClN4O. The molecule has 0 aliphatic heterocycles. The molecule has 1 aliphatic carbocycles. The minimum Gasteiger partial charge on any atom is -0.393 e. The summed E-state index contributed by atoms with van der Waals surface area (Å²) in [7, 11) is 0. The van der Waals surface area contributed by atoms with Crippen molar-refractivity contribution in [1.82, 2.24) is 15.2 Å². The van der Waals surface area contributed by atoms with Gasteiger partial charge in [0.15, 0.2) is 5.15 Å². The predicted molar refractivity (Wildman–Crippen MR) is 56.8 cm³/mol. The van der Waals surface area contributed by atoms with Crippen LogP contribution in [0.25, 0.3) is 0 Å². The van der Waals surface area contributed by atoms with Gasteiger partial charge in [0.25, 0.3) is 0 Å². The van der Waals surface area contributed by atoms with Crippen LogP contribution in [0.2, 0.25) is 5.15 Å². The largest absolute Gasteiger partial charge is 0.393 e. The average Bonchev–Trinajstić information content (AvgIpc) is 2.58. The number of aryl methyl sites for hydroxylation is 1. The highest BCUT2D eigenvalue weighted by Crippen LogP contribution is 2.21. The number of nitrogens with zero attached hydrogens (tertiary/aromatic N) is 3. The molecule has 1 fully saturated rings. The van der Waals surface area contributed by atoms with Gasteiger partial charge in [-0.1, -0.05) is 11.6 Å². The number of anilines is 1. The molecule has 0 aromatic carbocycles. The normalized spacial score (nSPS) is 25.5. The van der Waals surface area contributed by atoms with Crippen LogP contribution in [0.4, 0.5) is 5.95 Å². The van der Waals surface area contributed by atoms with Crippen molar-refractivity contribution in [2.24, 2.45) is 0 Å². The van der Waals surface area contributed by atoms with Gasteiger partial charge >= 0.3 is 0 Å². The molecule has 2 N–H and O–H groups in total. The van der Waals surface area contributed by atoms with Crippen LogP contribution in [0.15, 0.2) is 0 Å². The molecule has 1 aromatic heterocycles. The molecule has 2 atom stereocenters. The van der Waals surface area contributed by atoms with E-state index >= 15 is 0 Å². The number of aliphatic hydroxyl groups excluding tert-OH is 1. The first kappa shape index (κ1) is 10.6. The Kier molecular flexibility index (Phi) is 3.02. The second-order valence-corrected chi connectivity index (χ2v) is 4.18. The maximum atomic E-state index is 9.36. The molecule has 2 rings (SSSR count). The van der Waals surface area contributed by atoms with Crippen LogP contribution >= 0.6 is 11.6 Å². The minimum absolute atomic E-state index is 0.205. The van der Waals surface area contributed by atoms with Gasteiger partial charge in [-0.15, -0.1) is 10.2 Å². The third-order valence-electron chi connectivity index (χ3n) is 2.54. The van der Waals surface area contributed by atoms with E-state index in [-0.39, 0.29) is 12.1 Å². The fourth-order valence-corrected chi connectivity index (χ4v) is 1.80. The number of aliphatic hydroxyl groups is 1. The summed E-state index contributed by atoms with van der Waals surface area (Å²) in [5.41, 5.74) is 0.660. The summed E-state index contributed by atoms with van der Waals surface area (Å²) in [5, 5.41) is 20.4. The van der Waals surface area contributed by atoms with Gasteiger partial charge in [0.1, 0.15) is 0 Å². The third-order valence-corrected chi connectivity index (χ3v) is 2.89. The summed E-state index contributed by atoms with van der Waals surface area (Å²) in [4.78, 5) is 4.16. The fraction of sp³-hybridized carbons (Fsp3) is 0.667. The Morgan fingerprint density at radius 1 is 1.40 bits per heavy atom. The zero-order valence-corrected chi connectivity index (χ0v) is 9.20. The van der Waals surface area contributed by atoms with Crippen molar-refractivity contribution in [2.45, 2.75) is 38.3 Å². The van der Waals surface area contributed by atoms with Crippen LogP contribution in [0.3, 0.4) is 0 Å². The molecular weight excluding hydrogens is 216 g/mol. The van der Waals surface area contributed by atoms with Crippen molar-refractivity contribution in [1.29, 1.82) is 0 Å². The predicted octanol–water partition coefficient (Wildman–Crippen LogP) is 1.16. The lowest BCUT2D eigenvalue weighted by molar-refractivity contribution is 0.182. The Hall–Kier alpha value is -0.940. The molecule has 0 unspecified atom stereocenters. The van der Waals surface area contributed by atoms with Crippen LogP contribution in [-0.4, -0.2) is 32.4 Å². The van der Waals surface area contributed by atoms with E-state index in [4.69, 9.17) is 11.6 Å². The topological polar surface area (TPSA) is 70.9 Å². The van der Waals surface area contributed by atoms with Crippen LogP contribution in [0, 0.1) is 6.92 Å². The van der Waals surface area contributed by atoms with E-state index in [0.717, 1.165) is 19.3 Å². The lowest BCUT2D eigenvalue weighted by atomic mass is 10.2. The number of hydrogen-bond donors (Lipinski definition) is 2. The van der Waals surface area contributed by atoms with Crippen LogP contribution < -0.4 is 5.32 Å². The van der Waals surface area contributed by atoms with Crippen molar-refractivity contribution in [3.63, 3.8) is 0 Å². The monoisotopic (exact) mass is 228 g/mol. The highest BCUT2D eigenvalue weighted by atomic mass is 35.5. The summed E-state index contributed by atoms with van der Waals surface area (Å²) < 4.78 is 0. The Morgan fingerprint density at radius 3 is 2.80 bits per heavy atom. The molecule has 5 nitrogen and oxygen atoms in total. The van der Waals surface area contributed by atoms with Gasteiger partial charge in [0.2, 0.25) is 5.95 Å². The van der Waals surface area contributed by atoms with Crippen molar-refractivity contribution in [3.05, 3.63) is 10.8 Å². The quantitative estimate of drug-likeness (QED) is 0.795. The Morgan fingerprint density at radius 2 is 2.20 bits per heavy atom. The summed E-state index contributed by atoms with van der Waals surface area (Å²) in [6, 6.07) is 0.238. The lowest BCUT2D eigenvalue weighted by Crippen LogP contribution is -2.19. The van der Waals surface area contributed by atoms with Crippen molar-refractivity contribution in [3.8, 4) is 0 Å². The Balaban J connectivity index is 2.02. The lowest BCUT2D eigenvalue weighted by Gasteiger charge is -2.11. The summed E-state index contributed by atoms with van der Waals surface area (Å²) in [6.07, 6.45) is 2.30. The highest BCUT2D eigenvalue weighted by Gasteiger charge is 2.23. The van der Waals surface area contributed by atoms with Gasteiger partial charge in [-0.25, -0.2) is 4.98 Å². The summed E-state index contributed by atoms with van der Waals surface area (Å²) >= 11 is 5.72. The number of halogens is 1. The number of aromatic nitrogens is 3. The molecule has 0 saturated heterocycles. The van der Waals surface area contributed by atoms with E-state index in [0.29, 0.717) is 16.8 Å². The molecule has 1 saturated carbocycles. The van der Waals surface area contributed by atoms with Gasteiger partial charge in [0, 0.05) is 6.04 Å². The van der Waals surface area contributed by atoms with E-state index in [9.17, 15) is 5.11 Å². The fourth-order valence-electron chi connectivity index (χ4n) is 1.72. The van der Waals surface area contributed by atoms with Gasteiger partial charge < -0.3 is 10.4 Å². The smallest absolute Gasteiger partial charge is 0.243 e. The standard InChI is InChI=1S/C9H13ClN4O/c1-5-8(10)13-14-9(11-5)12-6-2-3-7(15)4-6/h6-7,15H,2-4H2,1H3,(H,11,12,14)/t6-,7-/m1/s1. The first-order valence-electron chi connectivity index (χ1n) is 4.96. The average molecular weight is 229 g/mol. The highest BCUT2D eigenvalue weighted by molar-refractivity contribution is 6.29. The van der Waals surface area contributed by atoms with Crippen LogP contribution in [0.5, 0.6) is 0 Å². The molecule has 1 heterocycles. The number of hydrogen-bond acceptors (Lipinski definition) is 5. The minimum atomic E-state index is -0.205. The van der Waals surface area contributed by atoms with E-state index in [1.165, 1.54) is 0 Å². The Labute approximate surface area is 92.9 Å². The molecule has 0 bridgehead atoms. The SMILES string of the molecule is Cc1nc(N[C@@H]2CC[C@@H](O)C2)nnc1Cl. The van der Waals surface area contributed by atoms with Crippen molar-refractivity contribution >= 4 is 17.5 Å². The van der Waals surface area contributed by atoms with Gasteiger partial charge in [-0.3, -0.25) is 0 Å². The van der Waals surface area contributed by atoms with Crippen molar-refractivity contribution in [2.75, 3.05) is 5.32 Å². The first-order valence-corrected chi connectivity index (χ1v) is 5.34. The summed E-state index contributed by atoms with van der Waals surface area (Å²) in [6.45, 7) is 1.78. The molecule has 15 heavy (non-hydrogen) atoms. The number of rotatable bonds is 2. The van der Waals surface area contributed by atoms with E-state index in [1.807, 2.05) is 0 Å². The second-order valence-electron chi connectivity index (χ2n) is 3.82. The van der Waals surface area contributed by atoms with E-state index in [1.54, 1.807) is 6.92 Å². The maximum Gasteiger partial charge on any atom is 0.243 e. The third kappa shape index (κ3) is 2.54. The molecule has 1 aromatic rings. The van der Waals surface area contributed by atoms with Crippen LogP contribution in [-0.2, 0) is 0 Å². The molecule has 0 radical (unpaired) electrons. The van der Waals surface area contributed by atoms with Gasteiger partial charge in [0.05, 0.1) is 11.8 Å². The maximum absolute atomic E-state index is 9.36. The van der Waals surface area contributed by atoms with Gasteiger partial charge in [-0.2, -0.15) is 0 Å². The van der Waals surface area contributed by atoms with E-state index in [2.05, 4.69) is 20.5 Å². The molecule has 1 aliphatic rings. The van der Waals surface area contributed by atoms with Crippen LogP contribution in [0.1, 0.15) is 25.0 Å². The second kappa shape index (κ2) is 4.28. The zero-order valence-electron chi connectivity index (χ0n) is 8.44. The molecule has 0 amide bonds. The summed E-state index contributed by atoms with van der Waals surface area (Å²) in [5.74, 6) is 0.482. The van der Waals surface area contributed by atoms with E-state index < -0.39 is 0 Å². The zero-order chi connectivity index (χ0) is 10.8. The van der Waals surface area contributed by atoms with Gasteiger partial charge in [-0.05, 0) is 26.2 Å². The number of nitrogens with one attached hydrogen (secondary N) is 1. The van der Waals surface area contributed by atoms with Crippen molar-refractivity contribution < 1.29 is 5.11 Å².